The Morgan fingerprint density at radius 2 is 1.96 bits per heavy atom. The van der Waals surface area contributed by atoms with Crippen LogP contribution in [0.3, 0.4) is 0 Å². The maximum absolute atomic E-state index is 12.6. The molecule has 1 aliphatic heterocycles. The minimum absolute atomic E-state index is 0. The number of hydrogen-bond acceptors (Lipinski definition) is 3. The van der Waals surface area contributed by atoms with Crippen LogP contribution in [-0.4, -0.2) is 54.5 Å². The smallest absolute Gasteiger partial charge is 0.260 e. The highest BCUT2D eigenvalue weighted by Crippen LogP contribution is 2.29. The maximum Gasteiger partial charge on any atom is 0.260 e. The Kier molecular flexibility index (Phi) is 7.85. The number of halogens is 2. The fourth-order valence-corrected chi connectivity index (χ4v) is 4.21. The molecule has 0 aromatic heterocycles. The number of carbonyl (C=O) groups excluding carboxylic acids is 1. The molecule has 2 atom stereocenters. The quantitative estimate of drug-likeness (QED) is 0.766. The van der Waals surface area contributed by atoms with Crippen molar-refractivity contribution in [2.75, 3.05) is 26.7 Å². The molecular formula is C19H28Cl2N2O2. The van der Waals surface area contributed by atoms with Gasteiger partial charge in [0, 0.05) is 24.2 Å². The summed E-state index contributed by atoms with van der Waals surface area (Å²) >= 11 is 5.96. The van der Waals surface area contributed by atoms with Gasteiger partial charge >= 0.3 is 0 Å². The Hall–Kier alpha value is -0.970. The third kappa shape index (κ3) is 5.25. The Morgan fingerprint density at radius 1 is 1.24 bits per heavy atom. The van der Waals surface area contributed by atoms with Crippen molar-refractivity contribution >= 4 is 29.9 Å². The van der Waals surface area contributed by atoms with Crippen molar-refractivity contribution in [2.45, 2.75) is 50.6 Å². The molecule has 0 radical (unpaired) electrons. The van der Waals surface area contributed by atoms with E-state index in [2.05, 4.69) is 4.90 Å². The largest absolute Gasteiger partial charge is 0.484 e. The van der Waals surface area contributed by atoms with Crippen LogP contribution < -0.4 is 4.74 Å². The van der Waals surface area contributed by atoms with Crippen LogP contribution in [0.15, 0.2) is 24.3 Å². The second-order valence-electron chi connectivity index (χ2n) is 6.91. The lowest BCUT2D eigenvalue weighted by Gasteiger charge is -2.42. The summed E-state index contributed by atoms with van der Waals surface area (Å²) in [6.45, 7) is 2.44. The third-order valence-electron chi connectivity index (χ3n) is 5.35. The van der Waals surface area contributed by atoms with E-state index >= 15 is 0 Å². The monoisotopic (exact) mass is 386 g/mol. The van der Waals surface area contributed by atoms with Crippen LogP contribution >= 0.6 is 24.0 Å². The number of nitrogens with zero attached hydrogens (tertiary/aromatic N) is 2. The molecule has 0 spiro atoms. The van der Waals surface area contributed by atoms with Gasteiger partial charge in [-0.3, -0.25) is 9.69 Å². The van der Waals surface area contributed by atoms with Crippen molar-refractivity contribution in [1.82, 2.24) is 9.80 Å². The fraction of sp³-hybridized carbons (Fsp3) is 0.632. The van der Waals surface area contributed by atoms with Gasteiger partial charge in [-0.05, 0) is 57.0 Å². The Morgan fingerprint density at radius 3 is 2.68 bits per heavy atom. The van der Waals surface area contributed by atoms with Crippen molar-refractivity contribution < 1.29 is 9.53 Å². The first-order valence-corrected chi connectivity index (χ1v) is 9.41. The molecule has 1 amide bonds. The number of likely N-dealkylation sites (tertiary alicyclic amines) is 1. The normalized spacial score (nSPS) is 23.8. The number of hydrogen-bond donors (Lipinski definition) is 0. The van der Waals surface area contributed by atoms with Gasteiger partial charge in [-0.2, -0.15) is 0 Å². The zero-order chi connectivity index (χ0) is 16.9. The summed E-state index contributed by atoms with van der Waals surface area (Å²) in [5, 5.41) is 0.620. The van der Waals surface area contributed by atoms with E-state index in [1.165, 1.54) is 45.2 Å². The van der Waals surface area contributed by atoms with E-state index in [1.807, 2.05) is 24.1 Å². The van der Waals surface area contributed by atoms with Gasteiger partial charge in [0.25, 0.3) is 5.91 Å². The molecule has 1 aromatic carbocycles. The van der Waals surface area contributed by atoms with Crippen molar-refractivity contribution in [3.8, 4) is 5.75 Å². The average molecular weight is 387 g/mol. The Labute approximate surface area is 161 Å². The first-order valence-electron chi connectivity index (χ1n) is 9.03. The predicted molar refractivity (Wildman–Crippen MR) is 104 cm³/mol. The summed E-state index contributed by atoms with van der Waals surface area (Å²) < 4.78 is 5.63. The van der Waals surface area contributed by atoms with Gasteiger partial charge < -0.3 is 9.64 Å². The standard InChI is InChI=1S/C19H27ClN2O2.ClH/c1-21(19(23)14-24-16-8-6-7-15(20)13-16)17-9-2-3-10-18(17)22-11-4-5-12-22;/h6-8,13,17-18H,2-5,9-12,14H2,1H3;1H/t17-,18-;/m1./s1. The van der Waals surface area contributed by atoms with E-state index in [9.17, 15) is 4.79 Å². The second-order valence-corrected chi connectivity index (χ2v) is 7.35. The van der Waals surface area contributed by atoms with Crippen LogP contribution in [0.1, 0.15) is 38.5 Å². The molecule has 1 aromatic rings. The molecule has 3 rings (SSSR count). The molecular weight excluding hydrogens is 359 g/mol. The zero-order valence-electron chi connectivity index (χ0n) is 14.8. The minimum Gasteiger partial charge on any atom is -0.484 e. The van der Waals surface area contributed by atoms with Gasteiger partial charge in [0.2, 0.25) is 0 Å². The number of amides is 1. The van der Waals surface area contributed by atoms with Crippen LogP contribution in [-0.2, 0) is 4.79 Å². The van der Waals surface area contributed by atoms with Crippen LogP contribution in [0.4, 0.5) is 0 Å². The average Bonchev–Trinajstić information content (AvgIpc) is 3.13. The predicted octanol–water partition coefficient (Wildman–Crippen LogP) is 4.01. The molecule has 1 saturated heterocycles. The molecule has 0 N–H and O–H groups in total. The summed E-state index contributed by atoms with van der Waals surface area (Å²) in [6.07, 6.45) is 7.37. The SMILES string of the molecule is CN(C(=O)COc1cccc(Cl)c1)[C@@H]1CCCC[C@H]1N1CCCC1.Cl. The van der Waals surface area contributed by atoms with Gasteiger partial charge in [0.15, 0.2) is 6.61 Å². The number of carbonyl (C=O) groups is 1. The van der Waals surface area contributed by atoms with Crippen molar-refractivity contribution in [1.29, 1.82) is 0 Å². The molecule has 1 aliphatic carbocycles. The van der Waals surface area contributed by atoms with Crippen molar-refractivity contribution in [2.24, 2.45) is 0 Å². The Balaban J connectivity index is 0.00000225. The fourth-order valence-electron chi connectivity index (χ4n) is 4.03. The minimum atomic E-state index is 0. The number of ether oxygens (including phenoxy) is 1. The highest BCUT2D eigenvalue weighted by molar-refractivity contribution is 6.30. The van der Waals surface area contributed by atoms with Crippen LogP contribution in [0.5, 0.6) is 5.75 Å². The van der Waals surface area contributed by atoms with E-state index < -0.39 is 0 Å². The van der Waals surface area contributed by atoms with Crippen LogP contribution in [0, 0.1) is 0 Å². The van der Waals surface area contributed by atoms with Crippen molar-refractivity contribution in [3.63, 3.8) is 0 Å². The number of likely N-dealkylation sites (N-methyl/N-ethyl adjacent to an activating group) is 1. The first kappa shape index (κ1) is 20.3. The van der Waals surface area contributed by atoms with E-state index in [0.29, 0.717) is 22.9 Å². The molecule has 0 unspecified atom stereocenters. The molecule has 2 fully saturated rings. The molecule has 6 heteroatoms. The molecule has 140 valence electrons. The van der Waals surface area contributed by atoms with Crippen LogP contribution in [0.25, 0.3) is 0 Å². The zero-order valence-corrected chi connectivity index (χ0v) is 16.4. The van der Waals surface area contributed by atoms with Gasteiger partial charge in [0.05, 0.1) is 0 Å². The lowest BCUT2D eigenvalue weighted by Crippen LogP contribution is -2.53. The number of rotatable bonds is 5. The third-order valence-corrected chi connectivity index (χ3v) is 5.59. The highest BCUT2D eigenvalue weighted by Gasteiger charge is 2.35. The summed E-state index contributed by atoms with van der Waals surface area (Å²) in [4.78, 5) is 17.1. The number of benzene rings is 1. The highest BCUT2D eigenvalue weighted by atomic mass is 35.5. The van der Waals surface area contributed by atoms with E-state index in [4.69, 9.17) is 16.3 Å². The molecule has 25 heavy (non-hydrogen) atoms. The lowest BCUT2D eigenvalue weighted by molar-refractivity contribution is -0.136. The molecule has 1 heterocycles. The van der Waals surface area contributed by atoms with Crippen LogP contribution in [0.2, 0.25) is 5.02 Å². The lowest BCUT2D eigenvalue weighted by atomic mass is 9.88. The maximum atomic E-state index is 12.6. The Bertz CT molecular complexity index is 564. The topological polar surface area (TPSA) is 32.8 Å². The van der Waals surface area contributed by atoms with Gasteiger partial charge in [-0.15, -0.1) is 12.4 Å². The summed E-state index contributed by atoms with van der Waals surface area (Å²) in [5.74, 6) is 0.690. The summed E-state index contributed by atoms with van der Waals surface area (Å²) in [5.41, 5.74) is 0. The molecule has 4 nitrogen and oxygen atoms in total. The molecule has 2 aliphatic rings. The van der Waals surface area contributed by atoms with E-state index in [-0.39, 0.29) is 24.9 Å². The van der Waals surface area contributed by atoms with E-state index in [1.54, 1.807) is 12.1 Å². The summed E-state index contributed by atoms with van der Waals surface area (Å²) in [6, 6.07) is 8.02. The first-order chi connectivity index (χ1) is 11.6. The van der Waals surface area contributed by atoms with Gasteiger partial charge in [-0.1, -0.05) is 30.5 Å². The van der Waals surface area contributed by atoms with Gasteiger partial charge in [-0.25, -0.2) is 0 Å². The summed E-state index contributed by atoms with van der Waals surface area (Å²) in [7, 11) is 1.93. The second kappa shape index (κ2) is 9.65. The van der Waals surface area contributed by atoms with Crippen molar-refractivity contribution in [3.05, 3.63) is 29.3 Å². The molecule has 1 saturated carbocycles. The molecule has 0 bridgehead atoms. The van der Waals surface area contributed by atoms with E-state index in [0.717, 1.165) is 6.42 Å². The van der Waals surface area contributed by atoms with Gasteiger partial charge in [0.1, 0.15) is 5.75 Å².